The van der Waals surface area contributed by atoms with Crippen molar-refractivity contribution in [3.8, 4) is 49.1 Å². The van der Waals surface area contributed by atoms with Crippen molar-refractivity contribution in [2.24, 2.45) is 11.7 Å². The smallest absolute Gasteiger partial charge is 0.271 e. The van der Waals surface area contributed by atoms with Crippen LogP contribution in [0.25, 0.3) is 43.4 Å². The van der Waals surface area contributed by atoms with Gasteiger partial charge >= 0.3 is 0 Å². The highest BCUT2D eigenvalue weighted by Gasteiger charge is 2.46. The molecule has 0 aliphatic carbocycles. The maximum atomic E-state index is 15.2. The van der Waals surface area contributed by atoms with Crippen LogP contribution in [0.5, 0.6) is 5.75 Å². The van der Waals surface area contributed by atoms with Gasteiger partial charge in [0.25, 0.3) is 17.7 Å². The van der Waals surface area contributed by atoms with Crippen molar-refractivity contribution in [3.05, 3.63) is 147 Å². The number of phenols is 1. The van der Waals surface area contributed by atoms with E-state index in [2.05, 4.69) is 30.9 Å². The molecule has 32 heteroatoms. The van der Waals surface area contributed by atoms with Crippen LogP contribution in [0.3, 0.4) is 0 Å². The van der Waals surface area contributed by atoms with Gasteiger partial charge < -0.3 is 67.4 Å². The monoisotopic (exact) mass is 1360 g/mol. The Kier molecular flexibility index (Phi) is 19.9. The number of rotatable bonds is 14. The summed E-state index contributed by atoms with van der Waals surface area (Å²) in [5.74, 6) is -5.71. The number of nitrogens with one attached hydrogen (secondary N) is 3. The molecule has 5 amide bonds. The molecular formula is C60H58N12O14S6. The van der Waals surface area contributed by atoms with Crippen LogP contribution in [-0.4, -0.2) is 172 Å². The summed E-state index contributed by atoms with van der Waals surface area (Å²) in [7, 11) is 0. The summed E-state index contributed by atoms with van der Waals surface area (Å²) < 4.78 is 0. The minimum atomic E-state index is -1.92. The Labute approximate surface area is 546 Å². The number of fused-ring (bicyclic) bond motifs is 16. The van der Waals surface area contributed by atoms with E-state index < -0.39 is 121 Å². The molecule has 0 radical (unpaired) electrons. The number of amides is 5. The van der Waals surface area contributed by atoms with Gasteiger partial charge in [0.05, 0.1) is 54.1 Å². The standard InChI is InChI=1S/C60H58N12O14S6/c1-25-42(77)18-72-47(25)59-70-39(24-91-59)57-66-35(20-89-57)46-30(12-13-32(63-46)56-69-36(21-90-56)51(83)62-17-41(76)49(81)50(82)43(78)19-73)54-67-37(22-87-54)52(84)64-33(16-44(61)79)58-71-45(26(2)92-58)40(75)15-31(48(80)28-6-4-3-5-7-28)55-68-38(23-88-55)53(85)65-34(60(72)86)14-27-8-10-29(74)11-9-27/h3-13,20-25,31,33-34,41-43,47-50,73-74,76-78,80-82H,14-19H2,1-2H3,(H2,61,79)(H,62,83)(H,64,84)(H,65,85)/t25-,31-,33-,34-,41+,42-,43-,47-,48+,49-,50-/m0/s1. The van der Waals surface area contributed by atoms with Gasteiger partial charge in [-0.2, -0.15) is 0 Å². The number of carbonyl (C=O) groups is 6. The van der Waals surface area contributed by atoms with Crippen molar-refractivity contribution < 1.29 is 69.6 Å². The number of primary amides is 1. The molecule has 11 rings (SSSR count). The minimum Gasteiger partial charge on any atom is -0.508 e. The number of aromatic nitrogens is 7. The zero-order valence-electron chi connectivity index (χ0n) is 48.5. The lowest BCUT2D eigenvalue weighted by Gasteiger charge is -2.29. The first-order valence-corrected chi connectivity index (χ1v) is 33.7. The third kappa shape index (κ3) is 14.1. The molecule has 478 valence electrons. The zero-order chi connectivity index (χ0) is 65.2. The molecule has 9 aromatic rings. The van der Waals surface area contributed by atoms with Gasteiger partial charge in [-0.1, -0.05) is 49.4 Å². The van der Waals surface area contributed by atoms with Crippen molar-refractivity contribution in [2.45, 2.75) is 93.8 Å². The van der Waals surface area contributed by atoms with E-state index in [1.54, 1.807) is 79.2 Å². The van der Waals surface area contributed by atoms with Crippen molar-refractivity contribution in [1.82, 2.24) is 55.7 Å². The van der Waals surface area contributed by atoms with Gasteiger partial charge in [0, 0.05) is 75.1 Å². The zero-order valence-corrected chi connectivity index (χ0v) is 53.4. The van der Waals surface area contributed by atoms with Crippen molar-refractivity contribution in [1.29, 1.82) is 0 Å². The number of hydrogen-bond acceptors (Lipinski definition) is 27. The lowest BCUT2D eigenvalue weighted by molar-refractivity contribution is -0.134. The first-order valence-electron chi connectivity index (χ1n) is 28.4. The lowest BCUT2D eigenvalue weighted by Crippen LogP contribution is -2.50. The number of thiazole rings is 6. The van der Waals surface area contributed by atoms with Crippen LogP contribution < -0.4 is 21.7 Å². The number of carbonyl (C=O) groups excluding carboxylic acids is 6. The summed E-state index contributed by atoms with van der Waals surface area (Å²) in [4.78, 5) is 120. The van der Waals surface area contributed by atoms with Crippen LogP contribution in [0.4, 0.5) is 0 Å². The van der Waals surface area contributed by atoms with E-state index >= 15 is 4.79 Å². The quantitative estimate of drug-likeness (QED) is 0.0720. The van der Waals surface area contributed by atoms with Crippen molar-refractivity contribution in [3.63, 3.8) is 0 Å². The van der Waals surface area contributed by atoms with Crippen LogP contribution in [0.2, 0.25) is 0 Å². The highest BCUT2D eigenvalue weighted by atomic mass is 32.1. The topological polar surface area (TPSA) is 420 Å². The summed E-state index contributed by atoms with van der Waals surface area (Å²) in [5.41, 5.74) is 8.20. The molecule has 0 unspecified atom stereocenters. The summed E-state index contributed by atoms with van der Waals surface area (Å²) in [6, 6.07) is 14.8. The van der Waals surface area contributed by atoms with Crippen LogP contribution in [0, 0.1) is 12.8 Å². The first kappa shape index (κ1) is 65.4. The Bertz CT molecular complexity index is 4190. The summed E-state index contributed by atoms with van der Waals surface area (Å²) in [5, 5.41) is 101. The number of nitrogens with two attached hydrogens (primary N) is 1. The van der Waals surface area contributed by atoms with Crippen molar-refractivity contribution >= 4 is 103 Å². The maximum absolute atomic E-state index is 15.2. The molecule has 92 heavy (non-hydrogen) atoms. The number of aromatic hydroxyl groups is 1. The van der Waals surface area contributed by atoms with Gasteiger partial charge in [-0.25, -0.2) is 34.9 Å². The van der Waals surface area contributed by atoms with E-state index in [-0.39, 0.29) is 74.3 Å². The molecule has 0 saturated carbocycles. The number of aryl methyl sites for hydroxylation is 1. The number of aliphatic hydroxyl groups is 7. The van der Waals surface area contributed by atoms with Crippen LogP contribution in [0.1, 0.15) is 117 Å². The van der Waals surface area contributed by atoms with Gasteiger partial charge in [-0.05, 0) is 42.3 Å². The number of ketones is 1. The second-order valence-corrected chi connectivity index (χ2v) is 27.4. The fourth-order valence-corrected chi connectivity index (χ4v) is 15.9. The van der Waals surface area contributed by atoms with Crippen LogP contribution in [0.15, 0.2) is 93.6 Å². The molecule has 2 aliphatic heterocycles. The molecule has 2 aliphatic rings. The fourth-order valence-electron chi connectivity index (χ4n) is 10.5. The summed E-state index contributed by atoms with van der Waals surface area (Å²) >= 11 is 6.68. The van der Waals surface area contributed by atoms with E-state index in [0.717, 1.165) is 45.3 Å². The van der Waals surface area contributed by atoms with Gasteiger partial charge in [-0.15, -0.1) is 68.0 Å². The normalized spacial score (nSPS) is 20.5. The maximum Gasteiger partial charge on any atom is 0.271 e. The minimum absolute atomic E-state index is 0.00555. The third-order valence-corrected chi connectivity index (χ3v) is 21.1. The molecule has 11 atom stereocenters. The van der Waals surface area contributed by atoms with Crippen molar-refractivity contribution in [2.75, 3.05) is 19.7 Å². The predicted octanol–water partition coefficient (Wildman–Crippen LogP) is 4.34. The summed E-state index contributed by atoms with van der Waals surface area (Å²) in [6.07, 6.45) is -10.5. The molecule has 0 spiro atoms. The predicted molar refractivity (Wildman–Crippen MR) is 341 cm³/mol. The Hall–Kier alpha value is -8.09. The molecular weight excluding hydrogens is 1310 g/mol. The highest BCUT2D eigenvalue weighted by Crippen LogP contribution is 2.43. The number of Topliss-reactive ketones (excluding diaryl/α,β-unsaturated/α-hetero) is 1. The van der Waals surface area contributed by atoms with Gasteiger partial charge in [0.15, 0.2) is 5.78 Å². The fraction of sp³-hybridized carbons (Fsp3) is 0.317. The van der Waals surface area contributed by atoms with E-state index in [1.807, 2.05) is 0 Å². The molecule has 10 bridgehead atoms. The Morgan fingerprint density at radius 2 is 1.32 bits per heavy atom. The highest BCUT2D eigenvalue weighted by molar-refractivity contribution is 7.15. The average Bonchev–Trinajstić information content (AvgIpc) is 1.99. The number of pyridine rings is 1. The van der Waals surface area contributed by atoms with E-state index in [4.69, 9.17) is 30.8 Å². The average molecular weight is 1360 g/mol. The second-order valence-electron chi connectivity index (χ2n) is 21.9. The Morgan fingerprint density at radius 1 is 0.685 bits per heavy atom. The number of phenolic OH excluding ortho intramolecular Hbond substituents is 1. The molecule has 1 fully saturated rings. The van der Waals surface area contributed by atoms with E-state index in [0.29, 0.717) is 48.0 Å². The van der Waals surface area contributed by atoms with E-state index in [1.165, 1.54) is 55.8 Å². The molecule has 26 nitrogen and oxygen atoms in total. The lowest BCUT2D eigenvalue weighted by atomic mass is 9.90. The molecule has 1 saturated heterocycles. The second kappa shape index (κ2) is 28.0. The number of nitrogens with zero attached hydrogens (tertiary/aromatic N) is 8. The van der Waals surface area contributed by atoms with Crippen LogP contribution in [-0.2, 0) is 16.0 Å². The summed E-state index contributed by atoms with van der Waals surface area (Å²) in [6.45, 7) is 1.88. The molecule has 13 N–H and O–H groups in total. The molecule has 9 heterocycles. The Balaban J connectivity index is 0.980. The number of benzene rings is 2. The first-order chi connectivity index (χ1) is 44.1. The largest absolute Gasteiger partial charge is 0.508 e. The third-order valence-electron chi connectivity index (χ3n) is 15.5. The number of aliphatic hydroxyl groups excluding tert-OH is 7. The number of hydrogen-bond donors (Lipinski definition) is 12. The molecule has 2 aromatic carbocycles. The van der Waals surface area contributed by atoms with Gasteiger partial charge in [0.2, 0.25) is 11.8 Å². The van der Waals surface area contributed by atoms with Crippen LogP contribution >= 0.6 is 68.0 Å². The van der Waals surface area contributed by atoms with Gasteiger partial charge in [-0.3, -0.25) is 28.8 Å². The SMILES string of the molecule is Cc1sc2nc1C(=O)C[C@@H]([C@H](O)c1ccccc1)c1nc(cs1)C(=O)N[C@@H](Cc1ccc(O)cc1)C(=O)N1C[C@H](O)[C@H](C)[C@H]1c1nc(cs1)-c1nc(cs1)-c1nc(-c3nc(C(=O)NC[C@@H](O)[C@H](O)[C@@H](O)[C@@H](O)CO)cs3)ccc1-c1nc(cs1)C(=O)N[C@H]2CC(N)=O. The van der Waals surface area contributed by atoms with Gasteiger partial charge in [0.1, 0.15) is 95.0 Å². The Morgan fingerprint density at radius 3 is 2.05 bits per heavy atom. The van der Waals surface area contributed by atoms with E-state index in [9.17, 15) is 59.7 Å². The molecule has 7 aromatic heterocycles.